The molecule has 42 heavy (non-hydrogen) atoms. The van der Waals surface area contributed by atoms with Gasteiger partial charge in [0, 0.05) is 18.8 Å². The van der Waals surface area contributed by atoms with Crippen molar-refractivity contribution in [2.75, 3.05) is 32.5 Å². The van der Waals surface area contributed by atoms with E-state index >= 15 is 0 Å². The minimum atomic E-state index is -0.541. The number of urea groups is 1. The van der Waals surface area contributed by atoms with Gasteiger partial charge in [-0.2, -0.15) is 0 Å². The summed E-state index contributed by atoms with van der Waals surface area (Å²) in [4.78, 5) is 37.0. The van der Waals surface area contributed by atoms with Crippen LogP contribution in [0.2, 0.25) is 0 Å². The highest BCUT2D eigenvalue weighted by Gasteiger charge is 2.30. The Hall–Kier alpha value is -4.04. The second-order valence-corrected chi connectivity index (χ2v) is 11.6. The molecular formula is C34H42FN5O2. The zero-order valence-electron chi connectivity index (χ0n) is 25.7. The van der Waals surface area contributed by atoms with Gasteiger partial charge in [0.15, 0.2) is 0 Å². The minimum Gasteiger partial charge on any atom is -0.313 e. The number of hydrogen-bond donors (Lipinski definition) is 1. The monoisotopic (exact) mass is 571 g/mol. The normalized spacial score (nSPS) is 12.4. The molecule has 0 aliphatic rings. The largest absolute Gasteiger partial charge is 0.322 e. The molecule has 1 unspecified atom stereocenters. The van der Waals surface area contributed by atoms with E-state index in [1.165, 1.54) is 16.7 Å². The van der Waals surface area contributed by atoms with E-state index in [2.05, 4.69) is 45.1 Å². The number of fused-ring (bicyclic) bond motifs is 1. The van der Waals surface area contributed by atoms with Crippen molar-refractivity contribution in [3.63, 3.8) is 0 Å². The molecule has 8 heteroatoms. The van der Waals surface area contributed by atoms with Gasteiger partial charge in [-0.05, 0) is 79.9 Å². The number of amides is 2. The Balaban J connectivity index is 1.90. The predicted molar refractivity (Wildman–Crippen MR) is 169 cm³/mol. The van der Waals surface area contributed by atoms with Crippen LogP contribution in [0.25, 0.3) is 16.6 Å². The number of para-hydroxylation sites is 2. The molecule has 222 valence electrons. The molecule has 0 bridgehead atoms. The molecule has 7 nitrogen and oxygen atoms in total. The lowest BCUT2D eigenvalue weighted by Gasteiger charge is -2.34. The number of anilines is 1. The fourth-order valence-corrected chi connectivity index (χ4v) is 5.34. The van der Waals surface area contributed by atoms with Crippen molar-refractivity contribution in [2.45, 2.75) is 58.9 Å². The predicted octanol–water partition coefficient (Wildman–Crippen LogP) is 7.32. The van der Waals surface area contributed by atoms with Crippen LogP contribution < -0.4 is 10.9 Å². The van der Waals surface area contributed by atoms with Gasteiger partial charge in [-0.15, -0.1) is 0 Å². The molecule has 1 N–H and O–H groups in total. The van der Waals surface area contributed by atoms with Gasteiger partial charge < -0.3 is 15.1 Å². The standard InChI is InChI=1S/C34H42FN5O2/c1-8-30(32-36-29-15-10-9-12-28(29)33(41)40(32)25-18-16-24(35)17-19-25)39(21-20-38(6)7)34(42)37-31-26(22(2)3)13-11-14-27(31)23(4)5/h9-19,22-23,30H,8,20-21H2,1-7H3,(H,37,42). The van der Waals surface area contributed by atoms with Gasteiger partial charge in [0.2, 0.25) is 0 Å². The summed E-state index contributed by atoms with van der Waals surface area (Å²) < 4.78 is 15.4. The van der Waals surface area contributed by atoms with E-state index in [0.29, 0.717) is 41.9 Å². The van der Waals surface area contributed by atoms with Crippen LogP contribution in [-0.4, -0.2) is 52.6 Å². The number of nitrogens with one attached hydrogen (secondary N) is 1. The van der Waals surface area contributed by atoms with E-state index in [0.717, 1.165) is 16.8 Å². The lowest BCUT2D eigenvalue weighted by Crippen LogP contribution is -2.44. The summed E-state index contributed by atoms with van der Waals surface area (Å²) in [5.41, 5.74) is 3.76. The summed E-state index contributed by atoms with van der Waals surface area (Å²) in [5, 5.41) is 3.73. The average Bonchev–Trinajstić information content (AvgIpc) is 2.95. The third kappa shape index (κ3) is 6.54. The van der Waals surface area contributed by atoms with E-state index in [4.69, 9.17) is 4.98 Å². The fourth-order valence-electron chi connectivity index (χ4n) is 5.34. The molecule has 0 radical (unpaired) electrons. The maximum atomic E-state index is 14.3. The quantitative estimate of drug-likeness (QED) is 0.217. The number of benzene rings is 3. The Morgan fingerprint density at radius 1 is 0.905 bits per heavy atom. The van der Waals surface area contributed by atoms with Crippen LogP contribution in [0.15, 0.2) is 71.5 Å². The van der Waals surface area contributed by atoms with Gasteiger partial charge in [0.05, 0.1) is 22.6 Å². The average molecular weight is 572 g/mol. The first-order valence-corrected chi connectivity index (χ1v) is 14.7. The van der Waals surface area contributed by atoms with Crippen molar-refractivity contribution in [1.82, 2.24) is 19.4 Å². The fraction of sp³-hybridized carbons (Fsp3) is 0.382. The highest BCUT2D eigenvalue weighted by atomic mass is 19.1. The van der Waals surface area contributed by atoms with Crippen LogP contribution in [0.1, 0.15) is 75.9 Å². The number of likely N-dealkylation sites (N-methyl/N-ethyl adjacent to an activating group) is 1. The van der Waals surface area contributed by atoms with Crippen LogP contribution in [0.5, 0.6) is 0 Å². The van der Waals surface area contributed by atoms with Crippen LogP contribution >= 0.6 is 0 Å². The molecule has 0 saturated carbocycles. The molecule has 1 aromatic heterocycles. The molecule has 3 aromatic carbocycles. The van der Waals surface area contributed by atoms with E-state index in [9.17, 15) is 14.0 Å². The maximum Gasteiger partial charge on any atom is 0.322 e. The van der Waals surface area contributed by atoms with E-state index in [1.54, 1.807) is 35.2 Å². The second-order valence-electron chi connectivity index (χ2n) is 11.6. The summed E-state index contributed by atoms with van der Waals surface area (Å²) in [6, 6.07) is 18.3. The topological polar surface area (TPSA) is 70.5 Å². The van der Waals surface area contributed by atoms with E-state index < -0.39 is 11.9 Å². The van der Waals surface area contributed by atoms with E-state index in [-0.39, 0.29) is 23.4 Å². The number of carbonyl (C=O) groups is 1. The molecule has 2 amide bonds. The van der Waals surface area contributed by atoms with Gasteiger partial charge in [-0.1, -0.05) is 65.0 Å². The lowest BCUT2D eigenvalue weighted by atomic mass is 9.92. The molecule has 4 aromatic rings. The van der Waals surface area contributed by atoms with Crippen molar-refractivity contribution in [3.05, 3.63) is 99.9 Å². The number of carbonyl (C=O) groups excluding carboxylic acids is 1. The smallest absolute Gasteiger partial charge is 0.313 e. The van der Waals surface area contributed by atoms with Crippen molar-refractivity contribution in [2.24, 2.45) is 0 Å². The number of aromatic nitrogens is 2. The number of halogens is 1. The lowest BCUT2D eigenvalue weighted by molar-refractivity contribution is 0.173. The van der Waals surface area contributed by atoms with Crippen LogP contribution in [0, 0.1) is 5.82 Å². The summed E-state index contributed by atoms with van der Waals surface area (Å²) in [7, 11) is 3.93. The van der Waals surface area contributed by atoms with Gasteiger partial charge >= 0.3 is 6.03 Å². The number of rotatable bonds is 10. The second kappa shape index (κ2) is 13.3. The van der Waals surface area contributed by atoms with Crippen molar-refractivity contribution in [1.29, 1.82) is 0 Å². The Morgan fingerprint density at radius 2 is 1.52 bits per heavy atom. The van der Waals surface area contributed by atoms with Crippen molar-refractivity contribution in [3.8, 4) is 5.69 Å². The van der Waals surface area contributed by atoms with Crippen molar-refractivity contribution >= 4 is 22.6 Å². The summed E-state index contributed by atoms with van der Waals surface area (Å²) in [6.45, 7) is 11.5. The van der Waals surface area contributed by atoms with Crippen LogP contribution in [-0.2, 0) is 0 Å². The highest BCUT2D eigenvalue weighted by Crippen LogP contribution is 2.34. The summed E-state index contributed by atoms with van der Waals surface area (Å²) in [6.07, 6.45) is 0.510. The molecule has 1 heterocycles. The molecule has 0 aliphatic heterocycles. The highest BCUT2D eigenvalue weighted by molar-refractivity contribution is 5.92. The summed E-state index contributed by atoms with van der Waals surface area (Å²) >= 11 is 0. The van der Waals surface area contributed by atoms with Gasteiger partial charge in [0.1, 0.15) is 11.6 Å². The summed E-state index contributed by atoms with van der Waals surface area (Å²) in [5.74, 6) is 0.456. The maximum absolute atomic E-state index is 14.3. The molecule has 0 spiro atoms. The first kappa shape index (κ1) is 30.9. The Kier molecular flexibility index (Phi) is 9.78. The Morgan fingerprint density at radius 3 is 2.10 bits per heavy atom. The SMILES string of the molecule is CCC(c1nc2ccccc2c(=O)n1-c1ccc(F)cc1)N(CCN(C)C)C(=O)Nc1c(C(C)C)cccc1C(C)C. The van der Waals surface area contributed by atoms with Crippen LogP contribution in [0.3, 0.4) is 0 Å². The van der Waals surface area contributed by atoms with Crippen molar-refractivity contribution < 1.29 is 9.18 Å². The Bertz CT molecular complexity index is 1570. The molecule has 0 fully saturated rings. The van der Waals surface area contributed by atoms with Gasteiger partial charge in [0.25, 0.3) is 5.56 Å². The zero-order chi connectivity index (χ0) is 30.6. The first-order chi connectivity index (χ1) is 20.0. The molecule has 1 atom stereocenters. The Labute approximate surface area is 248 Å². The van der Waals surface area contributed by atoms with Crippen LogP contribution in [0.4, 0.5) is 14.9 Å². The van der Waals surface area contributed by atoms with E-state index in [1.807, 2.05) is 38.1 Å². The molecule has 4 rings (SSSR count). The molecular weight excluding hydrogens is 529 g/mol. The van der Waals surface area contributed by atoms with Gasteiger partial charge in [-0.3, -0.25) is 9.36 Å². The minimum absolute atomic E-state index is 0.210. The first-order valence-electron chi connectivity index (χ1n) is 14.7. The number of hydrogen-bond acceptors (Lipinski definition) is 4. The van der Waals surface area contributed by atoms with Gasteiger partial charge in [-0.25, -0.2) is 14.2 Å². The zero-order valence-corrected chi connectivity index (χ0v) is 25.7. The third-order valence-corrected chi connectivity index (χ3v) is 7.60. The number of nitrogens with zero attached hydrogens (tertiary/aromatic N) is 4. The third-order valence-electron chi connectivity index (χ3n) is 7.60. The molecule has 0 aliphatic carbocycles. The molecule has 0 saturated heterocycles.